The lowest BCUT2D eigenvalue weighted by atomic mass is 10.2. The molecule has 2 aromatic carbocycles. The van der Waals surface area contributed by atoms with Crippen molar-refractivity contribution in [1.29, 1.82) is 0 Å². The molecule has 4 rings (SSSR count). The summed E-state index contributed by atoms with van der Waals surface area (Å²) >= 11 is 0. The van der Waals surface area contributed by atoms with Crippen LogP contribution in [-0.4, -0.2) is 21.8 Å². The van der Waals surface area contributed by atoms with Crippen LogP contribution in [0.2, 0.25) is 0 Å². The molecule has 1 saturated carbocycles. The molecular weight excluding hydrogens is 316 g/mol. The molecule has 1 aliphatic rings. The molecule has 1 aliphatic carbocycles. The van der Waals surface area contributed by atoms with Crippen molar-refractivity contribution in [2.45, 2.75) is 13.3 Å². The molecule has 6 nitrogen and oxygen atoms in total. The number of amides is 2. The van der Waals surface area contributed by atoms with Gasteiger partial charge in [0.15, 0.2) is 0 Å². The normalized spacial score (nSPS) is 18.8. The summed E-state index contributed by atoms with van der Waals surface area (Å²) in [4.78, 5) is 31.9. The standard InChI is InChI=1S/C19H18N4O2/c1-11-9-14(11)18(25)20-13-6-4-5-12(10-13)17(24)23-19-21-15-7-2-3-8-16(15)22-19/h2-8,10-11,14H,9H2,1H3,(H,20,25)(H2,21,22,23,24)/t11-,14+/m0/s1. The van der Waals surface area contributed by atoms with Crippen molar-refractivity contribution in [3.63, 3.8) is 0 Å². The molecule has 2 amide bonds. The maximum absolute atomic E-state index is 12.4. The van der Waals surface area contributed by atoms with Crippen LogP contribution in [0.3, 0.4) is 0 Å². The SMILES string of the molecule is C[C@H]1C[C@H]1C(=O)Nc1cccc(C(=O)Nc2nc3ccccc3[nH]2)c1. The summed E-state index contributed by atoms with van der Waals surface area (Å²) < 4.78 is 0. The molecule has 0 unspecified atom stereocenters. The molecule has 0 saturated heterocycles. The number of anilines is 2. The predicted octanol–water partition coefficient (Wildman–Crippen LogP) is 3.41. The predicted molar refractivity (Wildman–Crippen MR) is 96.4 cm³/mol. The van der Waals surface area contributed by atoms with Gasteiger partial charge in [0.05, 0.1) is 11.0 Å². The number of imidazole rings is 1. The second kappa shape index (κ2) is 6.05. The van der Waals surface area contributed by atoms with Gasteiger partial charge in [0.2, 0.25) is 11.9 Å². The van der Waals surface area contributed by atoms with Crippen LogP contribution in [0, 0.1) is 11.8 Å². The Kier molecular flexibility index (Phi) is 3.72. The lowest BCUT2D eigenvalue weighted by molar-refractivity contribution is -0.117. The summed E-state index contributed by atoms with van der Waals surface area (Å²) in [5.74, 6) is 0.664. The zero-order chi connectivity index (χ0) is 17.4. The lowest BCUT2D eigenvalue weighted by Crippen LogP contribution is -2.16. The molecule has 126 valence electrons. The van der Waals surface area contributed by atoms with E-state index >= 15 is 0 Å². The van der Waals surface area contributed by atoms with E-state index in [2.05, 4.69) is 27.5 Å². The fraction of sp³-hybridized carbons (Fsp3) is 0.211. The topological polar surface area (TPSA) is 86.9 Å². The monoisotopic (exact) mass is 334 g/mol. The number of carbonyl (C=O) groups is 2. The van der Waals surface area contributed by atoms with Crippen molar-refractivity contribution in [1.82, 2.24) is 9.97 Å². The third-order valence-corrected chi connectivity index (χ3v) is 4.46. The van der Waals surface area contributed by atoms with Gasteiger partial charge in [0.1, 0.15) is 0 Å². The Balaban J connectivity index is 1.48. The molecule has 0 radical (unpaired) electrons. The summed E-state index contributed by atoms with van der Waals surface area (Å²) in [6.07, 6.45) is 0.929. The molecule has 6 heteroatoms. The van der Waals surface area contributed by atoms with E-state index in [9.17, 15) is 9.59 Å². The Labute approximate surface area is 144 Å². The van der Waals surface area contributed by atoms with Crippen molar-refractivity contribution < 1.29 is 9.59 Å². The summed E-state index contributed by atoms with van der Waals surface area (Å²) in [7, 11) is 0. The van der Waals surface area contributed by atoms with E-state index in [0.29, 0.717) is 23.1 Å². The highest BCUT2D eigenvalue weighted by Crippen LogP contribution is 2.38. The van der Waals surface area contributed by atoms with Crippen LogP contribution in [0.5, 0.6) is 0 Å². The second-order valence-corrected chi connectivity index (χ2v) is 6.45. The van der Waals surface area contributed by atoms with Crippen LogP contribution in [0.25, 0.3) is 11.0 Å². The summed E-state index contributed by atoms with van der Waals surface area (Å²) in [6.45, 7) is 2.06. The Morgan fingerprint density at radius 3 is 2.68 bits per heavy atom. The van der Waals surface area contributed by atoms with Crippen molar-refractivity contribution in [3.05, 3.63) is 54.1 Å². The zero-order valence-electron chi connectivity index (χ0n) is 13.7. The number of rotatable bonds is 4. The Hall–Kier alpha value is -3.15. The number of benzene rings is 2. The van der Waals surface area contributed by atoms with Crippen LogP contribution in [-0.2, 0) is 4.79 Å². The quantitative estimate of drug-likeness (QED) is 0.683. The number of hydrogen-bond acceptors (Lipinski definition) is 3. The number of aromatic amines is 1. The van der Waals surface area contributed by atoms with Gasteiger partial charge in [-0.25, -0.2) is 4.98 Å². The van der Waals surface area contributed by atoms with Crippen LogP contribution >= 0.6 is 0 Å². The van der Waals surface area contributed by atoms with Gasteiger partial charge < -0.3 is 10.3 Å². The molecule has 1 aromatic heterocycles. The number of fused-ring (bicyclic) bond motifs is 1. The highest BCUT2D eigenvalue weighted by molar-refractivity contribution is 6.05. The number of hydrogen-bond donors (Lipinski definition) is 3. The first-order valence-electron chi connectivity index (χ1n) is 8.27. The van der Waals surface area contributed by atoms with Gasteiger partial charge in [0.25, 0.3) is 5.91 Å². The number of para-hydroxylation sites is 2. The molecule has 0 spiro atoms. The third kappa shape index (κ3) is 3.24. The first-order valence-corrected chi connectivity index (χ1v) is 8.27. The van der Waals surface area contributed by atoms with E-state index < -0.39 is 0 Å². The van der Waals surface area contributed by atoms with Crippen LogP contribution in [0.1, 0.15) is 23.7 Å². The minimum atomic E-state index is -0.282. The number of carbonyl (C=O) groups excluding carboxylic acids is 2. The van der Waals surface area contributed by atoms with E-state index in [1.807, 2.05) is 24.3 Å². The number of H-pyrrole nitrogens is 1. The van der Waals surface area contributed by atoms with Gasteiger partial charge in [-0.05, 0) is 42.7 Å². The van der Waals surface area contributed by atoms with Gasteiger partial charge in [-0.2, -0.15) is 0 Å². The summed E-state index contributed by atoms with van der Waals surface area (Å²) in [5.41, 5.74) is 2.73. The smallest absolute Gasteiger partial charge is 0.258 e. The number of aromatic nitrogens is 2. The van der Waals surface area contributed by atoms with Crippen LogP contribution < -0.4 is 10.6 Å². The molecular formula is C19H18N4O2. The van der Waals surface area contributed by atoms with Gasteiger partial charge in [-0.15, -0.1) is 0 Å². The second-order valence-electron chi connectivity index (χ2n) is 6.45. The van der Waals surface area contributed by atoms with E-state index in [-0.39, 0.29) is 17.7 Å². The Morgan fingerprint density at radius 1 is 1.12 bits per heavy atom. The molecule has 0 bridgehead atoms. The Bertz CT molecular complexity index is 930. The average molecular weight is 334 g/mol. The highest BCUT2D eigenvalue weighted by atomic mass is 16.2. The van der Waals surface area contributed by atoms with E-state index in [4.69, 9.17) is 0 Å². The summed E-state index contributed by atoms with van der Waals surface area (Å²) in [5, 5.41) is 5.62. The van der Waals surface area contributed by atoms with Crippen LogP contribution in [0.15, 0.2) is 48.5 Å². The minimum absolute atomic E-state index is 0.0161. The molecule has 3 N–H and O–H groups in total. The van der Waals surface area contributed by atoms with Gasteiger partial charge in [-0.1, -0.05) is 25.1 Å². The highest BCUT2D eigenvalue weighted by Gasteiger charge is 2.39. The van der Waals surface area contributed by atoms with Gasteiger partial charge in [0, 0.05) is 17.2 Å². The summed E-state index contributed by atoms with van der Waals surface area (Å²) in [6, 6.07) is 14.5. The van der Waals surface area contributed by atoms with Crippen LogP contribution in [0.4, 0.5) is 11.6 Å². The Morgan fingerprint density at radius 2 is 1.92 bits per heavy atom. The molecule has 1 heterocycles. The number of nitrogens with zero attached hydrogens (tertiary/aromatic N) is 1. The lowest BCUT2D eigenvalue weighted by Gasteiger charge is -2.07. The maximum atomic E-state index is 12.4. The molecule has 3 aromatic rings. The van der Waals surface area contributed by atoms with E-state index in [1.54, 1.807) is 24.3 Å². The molecule has 1 fully saturated rings. The van der Waals surface area contributed by atoms with E-state index in [0.717, 1.165) is 17.5 Å². The fourth-order valence-electron chi connectivity index (χ4n) is 2.85. The molecule has 0 aliphatic heterocycles. The first-order chi connectivity index (χ1) is 12.1. The van der Waals surface area contributed by atoms with Crippen molar-refractivity contribution in [2.24, 2.45) is 11.8 Å². The number of nitrogens with one attached hydrogen (secondary N) is 3. The third-order valence-electron chi connectivity index (χ3n) is 4.46. The van der Waals surface area contributed by atoms with Gasteiger partial charge >= 0.3 is 0 Å². The minimum Gasteiger partial charge on any atom is -0.326 e. The average Bonchev–Trinajstić information content (AvgIpc) is 3.20. The zero-order valence-corrected chi connectivity index (χ0v) is 13.7. The fourth-order valence-corrected chi connectivity index (χ4v) is 2.85. The van der Waals surface area contributed by atoms with Crippen molar-refractivity contribution >= 4 is 34.5 Å². The largest absolute Gasteiger partial charge is 0.326 e. The first kappa shape index (κ1) is 15.4. The maximum Gasteiger partial charge on any atom is 0.258 e. The van der Waals surface area contributed by atoms with Gasteiger partial charge in [-0.3, -0.25) is 14.9 Å². The van der Waals surface area contributed by atoms with Crippen molar-refractivity contribution in [2.75, 3.05) is 10.6 Å². The van der Waals surface area contributed by atoms with Crippen molar-refractivity contribution in [3.8, 4) is 0 Å². The van der Waals surface area contributed by atoms with E-state index in [1.165, 1.54) is 0 Å². The molecule has 25 heavy (non-hydrogen) atoms. The molecule has 2 atom stereocenters.